The third kappa shape index (κ3) is 3.76. The minimum absolute atomic E-state index is 0.0420. The summed E-state index contributed by atoms with van der Waals surface area (Å²) in [5, 5.41) is 0. The summed E-state index contributed by atoms with van der Waals surface area (Å²) >= 11 is 0. The molecule has 0 radical (unpaired) electrons. The number of hydrogen-bond acceptors (Lipinski definition) is 5. The quantitative estimate of drug-likeness (QED) is 0.860. The third-order valence-electron chi connectivity index (χ3n) is 4.31. The van der Waals surface area contributed by atoms with Crippen molar-refractivity contribution in [2.75, 3.05) is 26.2 Å². The molecular formula is C18H23N5O. The number of amides is 1. The molecule has 2 aromatic rings. The molecule has 3 heterocycles. The molecule has 1 aliphatic rings. The molecule has 0 spiro atoms. The van der Waals surface area contributed by atoms with Crippen LogP contribution in [0, 0.1) is 0 Å². The Kier molecular flexibility index (Phi) is 5.15. The maximum Gasteiger partial charge on any atom is 0.257 e. The Labute approximate surface area is 142 Å². The SMILES string of the molecule is CC(C)c1ncncc1C(=O)N1CCN(Cc2cccnc2)CC1. The number of pyridine rings is 1. The lowest BCUT2D eigenvalue weighted by Crippen LogP contribution is -2.48. The van der Waals surface area contributed by atoms with Gasteiger partial charge in [-0.25, -0.2) is 9.97 Å². The molecule has 1 aliphatic heterocycles. The van der Waals surface area contributed by atoms with Crippen molar-refractivity contribution in [1.82, 2.24) is 24.8 Å². The summed E-state index contributed by atoms with van der Waals surface area (Å²) in [4.78, 5) is 29.5. The van der Waals surface area contributed by atoms with E-state index in [0.29, 0.717) is 5.56 Å². The molecule has 6 nitrogen and oxygen atoms in total. The van der Waals surface area contributed by atoms with Gasteiger partial charge in [0.1, 0.15) is 6.33 Å². The summed E-state index contributed by atoms with van der Waals surface area (Å²) in [6, 6.07) is 4.04. The second kappa shape index (κ2) is 7.49. The summed E-state index contributed by atoms with van der Waals surface area (Å²) < 4.78 is 0. The molecule has 0 unspecified atom stereocenters. The number of rotatable bonds is 4. The molecule has 24 heavy (non-hydrogen) atoms. The van der Waals surface area contributed by atoms with Crippen LogP contribution in [0.1, 0.15) is 41.4 Å². The molecule has 2 aromatic heterocycles. The smallest absolute Gasteiger partial charge is 0.257 e. The molecule has 0 aliphatic carbocycles. The number of hydrogen-bond donors (Lipinski definition) is 0. The van der Waals surface area contributed by atoms with Gasteiger partial charge in [-0.1, -0.05) is 19.9 Å². The Bertz CT molecular complexity index is 681. The van der Waals surface area contributed by atoms with Crippen LogP contribution >= 0.6 is 0 Å². The predicted octanol–water partition coefficient (Wildman–Crippen LogP) is 1.95. The average molecular weight is 325 g/mol. The van der Waals surface area contributed by atoms with E-state index in [0.717, 1.165) is 38.4 Å². The number of carbonyl (C=O) groups excluding carboxylic acids is 1. The van der Waals surface area contributed by atoms with E-state index in [-0.39, 0.29) is 11.8 Å². The Morgan fingerprint density at radius 2 is 1.96 bits per heavy atom. The fraction of sp³-hybridized carbons (Fsp3) is 0.444. The largest absolute Gasteiger partial charge is 0.336 e. The van der Waals surface area contributed by atoms with Crippen molar-refractivity contribution in [3.05, 3.63) is 53.9 Å². The van der Waals surface area contributed by atoms with E-state index in [1.54, 1.807) is 12.4 Å². The topological polar surface area (TPSA) is 62.2 Å². The second-order valence-electron chi connectivity index (χ2n) is 6.41. The van der Waals surface area contributed by atoms with Gasteiger partial charge in [-0.2, -0.15) is 0 Å². The molecule has 0 bridgehead atoms. The Morgan fingerprint density at radius 3 is 2.62 bits per heavy atom. The maximum atomic E-state index is 12.8. The molecule has 0 aromatic carbocycles. The van der Waals surface area contributed by atoms with E-state index in [2.05, 4.69) is 25.9 Å². The third-order valence-corrected chi connectivity index (χ3v) is 4.31. The molecule has 0 atom stereocenters. The van der Waals surface area contributed by atoms with Crippen molar-refractivity contribution in [3.63, 3.8) is 0 Å². The van der Waals surface area contributed by atoms with Crippen LogP contribution in [0.5, 0.6) is 0 Å². The summed E-state index contributed by atoms with van der Waals surface area (Å²) in [7, 11) is 0. The maximum absolute atomic E-state index is 12.8. The van der Waals surface area contributed by atoms with Crippen LogP contribution < -0.4 is 0 Å². The molecule has 6 heteroatoms. The Balaban J connectivity index is 1.61. The first-order valence-corrected chi connectivity index (χ1v) is 8.35. The van der Waals surface area contributed by atoms with Gasteiger partial charge in [0.2, 0.25) is 0 Å². The second-order valence-corrected chi connectivity index (χ2v) is 6.41. The van der Waals surface area contributed by atoms with Crippen LogP contribution in [0.25, 0.3) is 0 Å². The normalized spacial score (nSPS) is 15.7. The first-order valence-electron chi connectivity index (χ1n) is 8.35. The van der Waals surface area contributed by atoms with Crippen molar-refractivity contribution in [3.8, 4) is 0 Å². The zero-order valence-corrected chi connectivity index (χ0v) is 14.2. The van der Waals surface area contributed by atoms with Crippen LogP contribution in [0.2, 0.25) is 0 Å². The van der Waals surface area contributed by atoms with Crippen molar-refractivity contribution in [2.24, 2.45) is 0 Å². The van der Waals surface area contributed by atoms with E-state index in [1.807, 2.05) is 31.0 Å². The molecule has 1 fully saturated rings. The Morgan fingerprint density at radius 1 is 1.17 bits per heavy atom. The van der Waals surface area contributed by atoms with Gasteiger partial charge >= 0.3 is 0 Å². The zero-order valence-electron chi connectivity index (χ0n) is 14.2. The van der Waals surface area contributed by atoms with E-state index >= 15 is 0 Å². The van der Waals surface area contributed by atoms with Crippen LogP contribution in [-0.4, -0.2) is 56.8 Å². The van der Waals surface area contributed by atoms with E-state index in [4.69, 9.17) is 0 Å². The minimum atomic E-state index is 0.0420. The number of aromatic nitrogens is 3. The van der Waals surface area contributed by atoms with Gasteiger partial charge < -0.3 is 4.90 Å². The molecule has 1 amide bonds. The van der Waals surface area contributed by atoms with Gasteiger partial charge in [-0.05, 0) is 17.5 Å². The first-order chi connectivity index (χ1) is 11.6. The number of piperazine rings is 1. The van der Waals surface area contributed by atoms with Crippen LogP contribution in [0.3, 0.4) is 0 Å². The van der Waals surface area contributed by atoms with Crippen molar-refractivity contribution < 1.29 is 4.79 Å². The van der Waals surface area contributed by atoms with Gasteiger partial charge in [-0.3, -0.25) is 14.7 Å². The van der Waals surface area contributed by atoms with Crippen LogP contribution in [-0.2, 0) is 6.54 Å². The van der Waals surface area contributed by atoms with Gasteiger partial charge in [0.25, 0.3) is 5.91 Å². The summed E-state index contributed by atoms with van der Waals surface area (Å²) in [5.41, 5.74) is 2.66. The summed E-state index contributed by atoms with van der Waals surface area (Å²) in [5.74, 6) is 0.249. The number of nitrogens with zero attached hydrogens (tertiary/aromatic N) is 5. The van der Waals surface area contributed by atoms with Gasteiger partial charge in [0.15, 0.2) is 0 Å². The van der Waals surface area contributed by atoms with E-state index < -0.39 is 0 Å². The highest BCUT2D eigenvalue weighted by Gasteiger charge is 2.25. The number of carbonyl (C=O) groups is 1. The minimum Gasteiger partial charge on any atom is -0.336 e. The summed E-state index contributed by atoms with van der Waals surface area (Å²) in [6.07, 6.45) is 6.84. The molecule has 3 rings (SSSR count). The highest BCUT2D eigenvalue weighted by molar-refractivity contribution is 5.95. The fourth-order valence-corrected chi connectivity index (χ4v) is 2.99. The lowest BCUT2D eigenvalue weighted by Gasteiger charge is -2.35. The van der Waals surface area contributed by atoms with Gasteiger partial charge in [0.05, 0.1) is 11.3 Å². The van der Waals surface area contributed by atoms with E-state index in [1.165, 1.54) is 11.9 Å². The zero-order chi connectivity index (χ0) is 16.9. The van der Waals surface area contributed by atoms with Crippen molar-refractivity contribution in [1.29, 1.82) is 0 Å². The molecular weight excluding hydrogens is 302 g/mol. The van der Waals surface area contributed by atoms with Gasteiger partial charge in [-0.15, -0.1) is 0 Å². The highest BCUT2D eigenvalue weighted by atomic mass is 16.2. The first kappa shape index (κ1) is 16.5. The molecule has 0 N–H and O–H groups in total. The van der Waals surface area contributed by atoms with E-state index in [9.17, 15) is 4.79 Å². The molecule has 1 saturated heterocycles. The highest BCUT2D eigenvalue weighted by Crippen LogP contribution is 2.18. The van der Waals surface area contributed by atoms with Gasteiger partial charge in [0, 0.05) is 51.3 Å². The standard InChI is InChI=1S/C18H23N5O/c1-14(2)17-16(11-20-13-21-17)18(24)23-8-6-22(7-9-23)12-15-4-3-5-19-10-15/h3-5,10-11,13-14H,6-9,12H2,1-2H3. The average Bonchev–Trinajstić information content (AvgIpc) is 2.62. The fourth-order valence-electron chi connectivity index (χ4n) is 2.99. The monoisotopic (exact) mass is 325 g/mol. The van der Waals surface area contributed by atoms with Crippen molar-refractivity contribution in [2.45, 2.75) is 26.3 Å². The lowest BCUT2D eigenvalue weighted by molar-refractivity contribution is 0.0626. The van der Waals surface area contributed by atoms with Crippen LogP contribution in [0.4, 0.5) is 0 Å². The van der Waals surface area contributed by atoms with Crippen molar-refractivity contribution >= 4 is 5.91 Å². The molecule has 0 saturated carbocycles. The molecule has 126 valence electrons. The predicted molar refractivity (Wildman–Crippen MR) is 91.5 cm³/mol. The van der Waals surface area contributed by atoms with Crippen LogP contribution in [0.15, 0.2) is 37.1 Å². The summed E-state index contributed by atoms with van der Waals surface area (Å²) in [6.45, 7) is 8.16. The Hall–Kier alpha value is -2.34. The lowest BCUT2D eigenvalue weighted by atomic mass is 10.0.